The van der Waals surface area contributed by atoms with E-state index in [1.807, 2.05) is 0 Å². The molecule has 5 atom stereocenters. The Morgan fingerprint density at radius 1 is 0.297 bits per heavy atom. The molecule has 0 aliphatic heterocycles. The summed E-state index contributed by atoms with van der Waals surface area (Å²) in [6, 6.07) is 0. The van der Waals surface area contributed by atoms with Gasteiger partial charge in [0.2, 0.25) is 0 Å². The van der Waals surface area contributed by atoms with Crippen LogP contribution < -0.4 is 0 Å². The molecule has 3 N–H and O–H groups in total. The fourth-order valence-corrected chi connectivity index (χ4v) is 12.5. The zero-order chi connectivity index (χ0) is 67.2. The number of hydrogen-bond donors (Lipinski definition) is 3. The number of rotatable bonds is 71. The number of carbonyl (C=O) groups excluding carboxylic acids is 4. The van der Waals surface area contributed by atoms with Crippen molar-refractivity contribution < 1.29 is 80.2 Å². The molecule has 0 aliphatic carbocycles. The minimum atomic E-state index is -4.95. The summed E-state index contributed by atoms with van der Waals surface area (Å²) in [5.41, 5.74) is 0. The van der Waals surface area contributed by atoms with Gasteiger partial charge in [-0.25, -0.2) is 9.13 Å². The summed E-state index contributed by atoms with van der Waals surface area (Å²) >= 11 is 0. The molecule has 0 radical (unpaired) electrons. The fraction of sp³-hybridized carbons (Fsp3) is 0.944. The Balaban J connectivity index is 5.24. The fourth-order valence-electron chi connectivity index (χ4n) is 10.9. The van der Waals surface area contributed by atoms with Gasteiger partial charge < -0.3 is 33.8 Å². The van der Waals surface area contributed by atoms with Gasteiger partial charge >= 0.3 is 39.5 Å². The number of ether oxygens (including phenoxy) is 4. The SMILES string of the molecule is CCCCCCCCCCCCCCCCCCCC(=O)O[C@H](COC(=O)CCCCCCCCCCCC(C)C)COP(=O)(O)OC[C@@H](O)COP(=O)(O)OC[C@@H](COC(=O)CCCCCCCCCC(C)C)OC(=O)CCCCCCCCCCCCCC. The average molecular weight is 1340 g/mol. The molecule has 0 aromatic rings. The van der Waals surface area contributed by atoms with Gasteiger partial charge in [0.15, 0.2) is 12.2 Å². The van der Waals surface area contributed by atoms with Crippen LogP contribution in [-0.2, 0) is 65.4 Å². The average Bonchev–Trinajstić information content (AvgIpc) is 3.59. The third kappa shape index (κ3) is 66.5. The summed E-state index contributed by atoms with van der Waals surface area (Å²) in [5, 5.41) is 10.6. The molecule has 0 amide bonds. The standard InChI is InChI=1S/C72H140O17P2/c1-7-9-11-13-15-17-19-21-22-23-24-25-27-31-38-45-51-57-72(77)88-67(60-82-69(74)54-48-42-36-32-28-29-34-40-46-52-64(3)4)62-86-90(78,79)84-58-66(73)59-85-91(80,81)87-63-68(61-83-70(75)55-49-43-39-33-35-41-47-53-65(5)6)89-71(76)56-50-44-37-30-26-20-18-16-14-12-10-8-2/h64-68,73H,7-63H2,1-6H3,(H,78,79)(H,80,81)/t66-,67-,68-/m1/s1. The van der Waals surface area contributed by atoms with E-state index in [-0.39, 0.29) is 25.7 Å². The van der Waals surface area contributed by atoms with Crippen molar-refractivity contribution in [1.29, 1.82) is 0 Å². The van der Waals surface area contributed by atoms with E-state index in [9.17, 15) is 43.2 Å². The van der Waals surface area contributed by atoms with Crippen molar-refractivity contribution >= 4 is 39.5 Å². The van der Waals surface area contributed by atoms with E-state index in [1.54, 1.807) is 0 Å². The number of unbranched alkanes of at least 4 members (excludes halogenated alkanes) is 41. The van der Waals surface area contributed by atoms with Crippen molar-refractivity contribution in [3.63, 3.8) is 0 Å². The lowest BCUT2D eigenvalue weighted by Gasteiger charge is -2.21. The van der Waals surface area contributed by atoms with E-state index in [0.717, 1.165) is 102 Å². The van der Waals surface area contributed by atoms with Crippen LogP contribution in [0.1, 0.15) is 369 Å². The molecular weight excluding hydrogens is 1200 g/mol. The maximum absolute atomic E-state index is 13.0. The number of esters is 4. The normalized spacial score (nSPS) is 14.1. The minimum Gasteiger partial charge on any atom is -0.462 e. The van der Waals surface area contributed by atoms with E-state index in [1.165, 1.54) is 180 Å². The molecule has 0 aromatic carbocycles. The summed E-state index contributed by atoms with van der Waals surface area (Å²) in [6.07, 6.45) is 50.0. The molecule has 91 heavy (non-hydrogen) atoms. The molecule has 17 nitrogen and oxygen atoms in total. The third-order valence-electron chi connectivity index (χ3n) is 16.7. The Labute approximate surface area is 556 Å². The Bertz CT molecular complexity index is 1770. The summed E-state index contributed by atoms with van der Waals surface area (Å²) < 4.78 is 68.4. The monoisotopic (exact) mass is 1340 g/mol. The van der Waals surface area contributed by atoms with Gasteiger partial charge in [0.1, 0.15) is 19.3 Å². The molecule has 2 unspecified atom stereocenters. The van der Waals surface area contributed by atoms with Gasteiger partial charge in [-0.1, -0.05) is 318 Å². The maximum atomic E-state index is 13.0. The molecule has 0 saturated heterocycles. The van der Waals surface area contributed by atoms with Crippen LogP contribution >= 0.6 is 15.6 Å². The Kier molecular flexibility index (Phi) is 62.7. The molecule has 540 valence electrons. The van der Waals surface area contributed by atoms with Gasteiger partial charge in [0.05, 0.1) is 26.4 Å². The topological polar surface area (TPSA) is 237 Å². The largest absolute Gasteiger partial charge is 0.472 e. The second kappa shape index (κ2) is 64.1. The first-order valence-electron chi connectivity index (χ1n) is 37.5. The maximum Gasteiger partial charge on any atom is 0.472 e. The summed E-state index contributed by atoms with van der Waals surface area (Å²) in [6.45, 7) is 9.49. The highest BCUT2D eigenvalue weighted by Crippen LogP contribution is 2.45. The van der Waals surface area contributed by atoms with Crippen molar-refractivity contribution in [2.75, 3.05) is 39.6 Å². The summed E-state index contributed by atoms with van der Waals surface area (Å²) in [5.74, 6) is -0.672. The quantitative estimate of drug-likeness (QED) is 0.0222. The van der Waals surface area contributed by atoms with Crippen LogP contribution in [0.5, 0.6) is 0 Å². The minimum absolute atomic E-state index is 0.106. The smallest absolute Gasteiger partial charge is 0.462 e. The number of phosphoric ester groups is 2. The van der Waals surface area contributed by atoms with E-state index < -0.39 is 97.5 Å². The highest BCUT2D eigenvalue weighted by Gasteiger charge is 2.30. The van der Waals surface area contributed by atoms with Crippen LogP contribution in [-0.4, -0.2) is 96.7 Å². The van der Waals surface area contributed by atoms with Crippen molar-refractivity contribution in [3.8, 4) is 0 Å². The van der Waals surface area contributed by atoms with Crippen molar-refractivity contribution in [2.45, 2.75) is 387 Å². The third-order valence-corrected chi connectivity index (χ3v) is 18.6. The molecule has 0 heterocycles. The lowest BCUT2D eigenvalue weighted by molar-refractivity contribution is -0.161. The van der Waals surface area contributed by atoms with Crippen LogP contribution in [0.2, 0.25) is 0 Å². The van der Waals surface area contributed by atoms with Gasteiger partial charge in [0.25, 0.3) is 0 Å². The van der Waals surface area contributed by atoms with Gasteiger partial charge in [-0.2, -0.15) is 0 Å². The second-order valence-electron chi connectivity index (χ2n) is 26.9. The number of carbonyl (C=O) groups is 4. The molecule has 19 heteroatoms. The molecule has 0 aliphatic rings. The Hall–Kier alpha value is -1.94. The number of aliphatic hydroxyl groups excluding tert-OH is 1. The van der Waals surface area contributed by atoms with Gasteiger partial charge in [-0.3, -0.25) is 37.3 Å². The van der Waals surface area contributed by atoms with Crippen molar-refractivity contribution in [2.24, 2.45) is 11.8 Å². The van der Waals surface area contributed by atoms with E-state index in [0.29, 0.717) is 31.6 Å². The molecule has 0 fully saturated rings. The van der Waals surface area contributed by atoms with Crippen LogP contribution in [0.3, 0.4) is 0 Å². The number of phosphoric acid groups is 2. The van der Waals surface area contributed by atoms with E-state index in [2.05, 4.69) is 41.5 Å². The molecule has 0 rings (SSSR count). The summed E-state index contributed by atoms with van der Waals surface area (Å²) in [4.78, 5) is 72.6. The summed E-state index contributed by atoms with van der Waals surface area (Å²) in [7, 11) is -9.90. The first kappa shape index (κ1) is 89.1. The molecular formula is C72H140O17P2. The highest BCUT2D eigenvalue weighted by molar-refractivity contribution is 7.47. The van der Waals surface area contributed by atoms with Crippen LogP contribution in [0, 0.1) is 11.8 Å². The lowest BCUT2D eigenvalue weighted by Crippen LogP contribution is -2.30. The molecule has 0 saturated carbocycles. The van der Waals surface area contributed by atoms with Crippen LogP contribution in [0.4, 0.5) is 0 Å². The lowest BCUT2D eigenvalue weighted by atomic mass is 10.0. The first-order valence-corrected chi connectivity index (χ1v) is 40.5. The number of hydrogen-bond acceptors (Lipinski definition) is 15. The van der Waals surface area contributed by atoms with Crippen molar-refractivity contribution in [1.82, 2.24) is 0 Å². The van der Waals surface area contributed by atoms with Crippen LogP contribution in [0.25, 0.3) is 0 Å². The predicted molar refractivity (Wildman–Crippen MR) is 368 cm³/mol. The first-order chi connectivity index (χ1) is 43.9. The van der Waals surface area contributed by atoms with Gasteiger partial charge in [-0.15, -0.1) is 0 Å². The van der Waals surface area contributed by atoms with Crippen molar-refractivity contribution in [3.05, 3.63) is 0 Å². The Morgan fingerprint density at radius 3 is 0.747 bits per heavy atom. The zero-order valence-corrected chi connectivity index (χ0v) is 60.9. The highest BCUT2D eigenvalue weighted by atomic mass is 31.2. The zero-order valence-electron chi connectivity index (χ0n) is 59.1. The molecule has 0 bridgehead atoms. The van der Waals surface area contributed by atoms with Crippen LogP contribution in [0.15, 0.2) is 0 Å². The van der Waals surface area contributed by atoms with Gasteiger partial charge in [0, 0.05) is 25.7 Å². The Morgan fingerprint density at radius 2 is 0.505 bits per heavy atom. The second-order valence-corrected chi connectivity index (χ2v) is 29.8. The predicted octanol–water partition coefficient (Wildman–Crippen LogP) is 20.8. The van der Waals surface area contributed by atoms with E-state index >= 15 is 0 Å². The molecule has 0 aromatic heterocycles. The number of aliphatic hydroxyl groups is 1. The molecule has 0 spiro atoms. The van der Waals surface area contributed by atoms with Gasteiger partial charge in [-0.05, 0) is 37.5 Å². The van der Waals surface area contributed by atoms with E-state index in [4.69, 9.17) is 37.0 Å².